The van der Waals surface area contributed by atoms with Crippen LogP contribution in [0, 0.1) is 0 Å². The predicted octanol–water partition coefficient (Wildman–Crippen LogP) is 4.87. The molecule has 1 aliphatic rings. The monoisotopic (exact) mass is 478 g/mol. The summed E-state index contributed by atoms with van der Waals surface area (Å²) in [6, 6.07) is 1.69. The normalized spacial score (nSPS) is 15.0. The van der Waals surface area contributed by atoms with E-state index in [-0.39, 0.29) is 28.5 Å². The molecule has 3 heterocycles. The van der Waals surface area contributed by atoms with E-state index in [1.807, 2.05) is 0 Å². The van der Waals surface area contributed by atoms with Gasteiger partial charge >= 0.3 is 6.09 Å². The van der Waals surface area contributed by atoms with Gasteiger partial charge in [0.25, 0.3) is 6.43 Å². The molecule has 0 bridgehead atoms. The number of amides is 1. The Morgan fingerprint density at radius 3 is 2.64 bits per heavy atom. The molecule has 1 fully saturated rings. The fourth-order valence-corrected chi connectivity index (χ4v) is 3.77. The van der Waals surface area contributed by atoms with Gasteiger partial charge in [0.05, 0.1) is 17.8 Å². The Hall–Kier alpha value is -3.15. The number of hydrogen-bond acceptors (Lipinski definition) is 7. The third-order valence-electron chi connectivity index (χ3n) is 4.98. The number of thiazole rings is 1. The molecule has 4 rings (SSSR count). The van der Waals surface area contributed by atoms with Crippen molar-refractivity contribution in [1.82, 2.24) is 24.5 Å². The summed E-state index contributed by atoms with van der Waals surface area (Å²) in [7, 11) is 0. The first-order valence-electron chi connectivity index (χ1n) is 10.4. The zero-order valence-electron chi connectivity index (χ0n) is 18.6. The molecular weight excluding hydrogens is 454 g/mol. The van der Waals surface area contributed by atoms with E-state index in [4.69, 9.17) is 4.74 Å². The summed E-state index contributed by atoms with van der Waals surface area (Å²) < 4.78 is 33.6. The second kappa shape index (κ2) is 8.65. The van der Waals surface area contributed by atoms with E-state index in [0.717, 1.165) is 24.2 Å². The van der Waals surface area contributed by atoms with Gasteiger partial charge < -0.3 is 10.1 Å². The van der Waals surface area contributed by atoms with E-state index in [1.54, 1.807) is 40.0 Å². The number of nitrogens with zero attached hydrogens (tertiary/aromatic N) is 5. The Morgan fingerprint density at radius 2 is 2.03 bits per heavy atom. The first-order chi connectivity index (χ1) is 15.5. The summed E-state index contributed by atoms with van der Waals surface area (Å²) in [6.45, 7) is 7.01. The van der Waals surface area contributed by atoms with Crippen molar-refractivity contribution in [2.45, 2.75) is 64.4 Å². The molecule has 176 valence electrons. The predicted molar refractivity (Wildman–Crippen MR) is 117 cm³/mol. The molecule has 33 heavy (non-hydrogen) atoms. The summed E-state index contributed by atoms with van der Waals surface area (Å²) in [5, 5.41) is 12.3. The maximum absolute atomic E-state index is 12.8. The number of carbonyl (C=O) groups is 2. The lowest BCUT2D eigenvalue weighted by Gasteiger charge is -2.19. The summed E-state index contributed by atoms with van der Waals surface area (Å²) in [6.07, 6.45) is 1.71. The van der Waals surface area contributed by atoms with E-state index >= 15 is 0 Å². The average Bonchev–Trinajstić information content (AvgIpc) is 3.14. The zero-order chi connectivity index (χ0) is 23.9. The highest BCUT2D eigenvalue weighted by atomic mass is 32.1. The van der Waals surface area contributed by atoms with Gasteiger partial charge in [0.2, 0.25) is 5.91 Å². The molecule has 0 spiro atoms. The molecule has 0 radical (unpaired) electrons. The van der Waals surface area contributed by atoms with Crippen molar-refractivity contribution in [2.75, 3.05) is 5.32 Å². The van der Waals surface area contributed by atoms with Gasteiger partial charge in [-0.2, -0.15) is 9.78 Å². The van der Waals surface area contributed by atoms with Gasteiger partial charge in [0.1, 0.15) is 5.60 Å². The van der Waals surface area contributed by atoms with Crippen LogP contribution in [0.25, 0.3) is 5.82 Å². The molecule has 9 nitrogen and oxygen atoms in total. The molecule has 1 saturated carbocycles. The van der Waals surface area contributed by atoms with E-state index < -0.39 is 24.0 Å². The number of hydrogen-bond donors (Lipinski definition) is 1. The molecule has 12 heteroatoms. The number of anilines is 1. The van der Waals surface area contributed by atoms with Crippen LogP contribution in [0.4, 0.5) is 19.4 Å². The van der Waals surface area contributed by atoms with E-state index in [0.29, 0.717) is 11.3 Å². The van der Waals surface area contributed by atoms with Crippen molar-refractivity contribution >= 4 is 29.2 Å². The van der Waals surface area contributed by atoms with E-state index in [9.17, 15) is 18.4 Å². The maximum Gasteiger partial charge on any atom is 0.435 e. The Kier molecular flexibility index (Phi) is 6.04. The molecule has 1 aliphatic carbocycles. The molecule has 3 aromatic heterocycles. The highest BCUT2D eigenvalue weighted by Gasteiger charge is 2.32. The number of aromatic nitrogens is 5. The van der Waals surface area contributed by atoms with Crippen LogP contribution in [0.3, 0.4) is 0 Å². The minimum absolute atomic E-state index is 0.211. The molecule has 1 amide bonds. The van der Waals surface area contributed by atoms with Crippen LogP contribution in [0.1, 0.15) is 75.1 Å². The van der Waals surface area contributed by atoms with Gasteiger partial charge in [0, 0.05) is 29.1 Å². The standard InChI is InChI=1S/C21H24F2N6O3S/c1-11(13-8-24-28(9-13)16-10-33-19(26-16)17(22)23)18(30)25-15-7-14(12-5-6-12)29(27-15)20(31)32-21(2,3)4/h7-12,17H,5-6H2,1-4H3,(H,25,27,30). The van der Waals surface area contributed by atoms with Gasteiger partial charge in [-0.15, -0.1) is 16.4 Å². The first-order valence-corrected chi connectivity index (χ1v) is 11.3. The molecule has 3 aromatic rings. The van der Waals surface area contributed by atoms with Crippen molar-refractivity contribution in [1.29, 1.82) is 0 Å². The van der Waals surface area contributed by atoms with Gasteiger partial charge in [0.15, 0.2) is 16.6 Å². The Balaban J connectivity index is 1.47. The maximum atomic E-state index is 12.8. The van der Waals surface area contributed by atoms with Crippen molar-refractivity contribution in [2.24, 2.45) is 0 Å². The van der Waals surface area contributed by atoms with Crippen LogP contribution in [-0.2, 0) is 9.53 Å². The first kappa shape index (κ1) is 23.0. The lowest BCUT2D eigenvalue weighted by Crippen LogP contribution is -2.28. The SMILES string of the molecule is CC(C(=O)Nc1cc(C2CC2)n(C(=O)OC(C)(C)C)n1)c1cnn(-c2csc(C(F)F)n2)c1. The zero-order valence-corrected chi connectivity index (χ0v) is 19.4. The highest BCUT2D eigenvalue weighted by molar-refractivity contribution is 7.09. The second-order valence-electron chi connectivity index (χ2n) is 8.89. The third kappa shape index (κ3) is 5.27. The van der Waals surface area contributed by atoms with Gasteiger partial charge in [-0.3, -0.25) is 4.79 Å². The van der Waals surface area contributed by atoms with Gasteiger partial charge in [-0.25, -0.2) is 23.2 Å². The van der Waals surface area contributed by atoms with Gasteiger partial charge in [-0.1, -0.05) is 0 Å². The second-order valence-corrected chi connectivity index (χ2v) is 9.78. The molecule has 0 saturated heterocycles. The summed E-state index contributed by atoms with van der Waals surface area (Å²) >= 11 is 0.845. The van der Waals surface area contributed by atoms with Crippen LogP contribution in [-0.4, -0.2) is 42.1 Å². The minimum atomic E-state index is -2.65. The molecule has 1 atom stereocenters. The van der Waals surface area contributed by atoms with Crippen LogP contribution in [0.5, 0.6) is 0 Å². The summed E-state index contributed by atoms with van der Waals surface area (Å²) in [5.41, 5.74) is 0.612. The molecule has 1 unspecified atom stereocenters. The van der Waals surface area contributed by atoms with Crippen LogP contribution in [0.15, 0.2) is 23.8 Å². The Bertz CT molecular complexity index is 1180. The lowest BCUT2D eigenvalue weighted by atomic mass is 10.0. The smallest absolute Gasteiger partial charge is 0.435 e. The highest BCUT2D eigenvalue weighted by Crippen LogP contribution is 2.41. The largest absolute Gasteiger partial charge is 0.442 e. The van der Waals surface area contributed by atoms with Crippen LogP contribution >= 0.6 is 11.3 Å². The fraction of sp³-hybridized carbons (Fsp3) is 0.476. The number of halogens is 2. The average molecular weight is 479 g/mol. The van der Waals surface area contributed by atoms with Gasteiger partial charge in [-0.05, 0) is 40.5 Å². The number of ether oxygens (including phenoxy) is 1. The molecule has 0 aliphatic heterocycles. The van der Waals surface area contributed by atoms with Crippen molar-refractivity contribution in [3.05, 3.63) is 40.1 Å². The molecular formula is C21H24F2N6O3S. The van der Waals surface area contributed by atoms with E-state index in [1.165, 1.54) is 20.9 Å². The van der Waals surface area contributed by atoms with E-state index in [2.05, 4.69) is 20.5 Å². The number of carbonyl (C=O) groups excluding carboxylic acids is 2. The van der Waals surface area contributed by atoms with Crippen molar-refractivity contribution in [3.8, 4) is 5.82 Å². The molecule has 0 aromatic carbocycles. The van der Waals surface area contributed by atoms with Crippen LogP contribution in [0.2, 0.25) is 0 Å². The third-order valence-corrected chi connectivity index (χ3v) is 5.82. The number of alkyl halides is 2. The van der Waals surface area contributed by atoms with Crippen LogP contribution < -0.4 is 5.32 Å². The Morgan fingerprint density at radius 1 is 1.30 bits per heavy atom. The lowest BCUT2D eigenvalue weighted by molar-refractivity contribution is -0.117. The summed E-state index contributed by atoms with van der Waals surface area (Å²) in [4.78, 5) is 29.2. The van der Waals surface area contributed by atoms with Crippen molar-refractivity contribution < 1.29 is 23.1 Å². The summed E-state index contributed by atoms with van der Waals surface area (Å²) in [5.74, 6) is -0.227. The Labute approximate surface area is 192 Å². The number of rotatable bonds is 6. The molecule has 1 N–H and O–H groups in total. The fourth-order valence-electron chi connectivity index (χ4n) is 3.13. The van der Waals surface area contributed by atoms with Crippen molar-refractivity contribution in [3.63, 3.8) is 0 Å². The minimum Gasteiger partial charge on any atom is -0.442 e. The topological polar surface area (TPSA) is 104 Å². The quantitative estimate of drug-likeness (QED) is 0.542. The number of nitrogens with one attached hydrogen (secondary N) is 1.